The molecule has 2 atom stereocenters. The number of hydrogen-bond donors (Lipinski definition) is 1. The molecule has 2 aliphatic carbocycles. The maximum absolute atomic E-state index is 13.3. The van der Waals surface area contributed by atoms with Crippen molar-refractivity contribution in [1.29, 1.82) is 0 Å². The van der Waals surface area contributed by atoms with Crippen LogP contribution in [0.4, 0.5) is 0 Å². The minimum Gasteiger partial charge on any atom is -0.372 e. The molecule has 0 radical (unpaired) electrons. The first kappa shape index (κ1) is 17.3. The van der Waals surface area contributed by atoms with Crippen LogP contribution in [-0.4, -0.2) is 39.6 Å². The zero-order valence-electron chi connectivity index (χ0n) is 16.4. The zero-order chi connectivity index (χ0) is 18.6. The summed E-state index contributed by atoms with van der Waals surface area (Å²) in [4.78, 5) is 18.8. The lowest BCUT2D eigenvalue weighted by atomic mass is 9.65. The fourth-order valence-corrected chi connectivity index (χ4v) is 5.40. The Balaban J connectivity index is 1.29. The van der Waals surface area contributed by atoms with Crippen LogP contribution in [0.2, 0.25) is 0 Å². The van der Waals surface area contributed by atoms with Gasteiger partial charge in [-0.2, -0.15) is 0 Å². The topological polar surface area (TPSA) is 45.3 Å². The summed E-state index contributed by atoms with van der Waals surface area (Å²) >= 11 is 0. The molecule has 4 fully saturated rings. The van der Waals surface area contributed by atoms with E-state index in [0.29, 0.717) is 30.5 Å². The largest absolute Gasteiger partial charge is 0.372 e. The molecule has 0 spiro atoms. The van der Waals surface area contributed by atoms with Gasteiger partial charge in [-0.1, -0.05) is 32.0 Å². The van der Waals surface area contributed by atoms with E-state index >= 15 is 0 Å². The van der Waals surface area contributed by atoms with Crippen molar-refractivity contribution in [2.24, 2.45) is 0 Å². The van der Waals surface area contributed by atoms with Crippen LogP contribution >= 0.6 is 0 Å². The molecule has 3 heterocycles. The Morgan fingerprint density at radius 1 is 1.30 bits per heavy atom. The summed E-state index contributed by atoms with van der Waals surface area (Å²) in [6.45, 7) is 4.39. The van der Waals surface area contributed by atoms with Crippen LogP contribution in [-0.2, 0) is 9.53 Å². The summed E-state index contributed by atoms with van der Waals surface area (Å²) < 4.78 is 6.36. The third kappa shape index (κ3) is 2.98. The molecule has 1 amide bonds. The average Bonchev–Trinajstić information content (AvgIpc) is 3.34. The molecule has 2 bridgehead atoms. The summed E-state index contributed by atoms with van der Waals surface area (Å²) in [6.07, 6.45) is 9.79. The third-order valence-corrected chi connectivity index (χ3v) is 6.94. The molecule has 2 unspecified atom stereocenters. The van der Waals surface area contributed by atoms with Gasteiger partial charge in [0.1, 0.15) is 0 Å². The summed E-state index contributed by atoms with van der Waals surface area (Å²) in [5, 5.41) is 1.24. The smallest absolute Gasteiger partial charge is 0.223 e. The van der Waals surface area contributed by atoms with Crippen molar-refractivity contribution >= 4 is 16.8 Å². The van der Waals surface area contributed by atoms with E-state index < -0.39 is 0 Å². The Bertz CT molecular complexity index is 847. The lowest BCUT2D eigenvalue weighted by Gasteiger charge is -2.60. The monoisotopic (exact) mass is 366 g/mol. The highest BCUT2D eigenvalue weighted by atomic mass is 16.5. The second-order valence-corrected chi connectivity index (χ2v) is 9.02. The molecular weight excluding hydrogens is 336 g/mol. The standard InChI is InChI=1S/C23H30N2O2/c1-3-16-11-23(27-18-8-9-18)12-17(13-23)25(16)22(26)10-15(2)20-14-24-21-7-5-4-6-19(20)21/h4-7,14-18,24H,3,8-13H2,1-2H3. The lowest BCUT2D eigenvalue weighted by Crippen LogP contribution is -2.68. The number of para-hydroxylation sites is 1. The van der Waals surface area contributed by atoms with Crippen molar-refractivity contribution in [3.8, 4) is 0 Å². The van der Waals surface area contributed by atoms with Gasteiger partial charge in [-0.05, 0) is 56.1 Å². The molecule has 1 aromatic heterocycles. The van der Waals surface area contributed by atoms with Gasteiger partial charge >= 0.3 is 0 Å². The number of nitrogens with zero attached hydrogens (tertiary/aromatic N) is 1. The molecule has 1 N–H and O–H groups in total. The Morgan fingerprint density at radius 2 is 2.07 bits per heavy atom. The lowest BCUT2D eigenvalue weighted by molar-refractivity contribution is -0.204. The van der Waals surface area contributed by atoms with Gasteiger partial charge in [0.25, 0.3) is 0 Å². The number of H-pyrrole nitrogens is 1. The number of amides is 1. The summed E-state index contributed by atoms with van der Waals surface area (Å²) in [5.74, 6) is 0.546. The number of fused-ring (bicyclic) bond motifs is 3. The SMILES string of the molecule is CCC1CC2(OC3CC3)CC(C2)N1C(=O)CC(C)c1c[nH]c2ccccc12. The van der Waals surface area contributed by atoms with Crippen molar-refractivity contribution < 1.29 is 9.53 Å². The second-order valence-electron chi connectivity index (χ2n) is 9.02. The Labute approximate surface area is 161 Å². The molecule has 2 saturated heterocycles. The molecule has 27 heavy (non-hydrogen) atoms. The van der Waals surface area contributed by atoms with E-state index in [2.05, 4.69) is 48.1 Å². The molecule has 1 aromatic carbocycles. The number of nitrogens with one attached hydrogen (secondary N) is 1. The Kier molecular flexibility index (Phi) is 4.08. The van der Waals surface area contributed by atoms with E-state index in [9.17, 15) is 4.79 Å². The first-order valence-electron chi connectivity index (χ1n) is 10.6. The molecule has 2 saturated carbocycles. The van der Waals surface area contributed by atoms with Crippen molar-refractivity contribution in [3.05, 3.63) is 36.0 Å². The van der Waals surface area contributed by atoms with Gasteiger partial charge in [0.2, 0.25) is 5.91 Å². The van der Waals surface area contributed by atoms with Crippen molar-refractivity contribution in [2.45, 2.75) is 88.5 Å². The number of hydrogen-bond acceptors (Lipinski definition) is 2. The highest BCUT2D eigenvalue weighted by molar-refractivity contribution is 5.85. The molecule has 6 rings (SSSR count). The maximum Gasteiger partial charge on any atom is 0.223 e. The molecule has 4 heteroatoms. The van der Waals surface area contributed by atoms with Crippen LogP contribution in [0.3, 0.4) is 0 Å². The minimum absolute atomic E-state index is 0.0890. The predicted molar refractivity (Wildman–Crippen MR) is 107 cm³/mol. The van der Waals surface area contributed by atoms with Crippen LogP contribution in [0, 0.1) is 0 Å². The predicted octanol–water partition coefficient (Wildman–Crippen LogP) is 4.75. The van der Waals surface area contributed by atoms with E-state index in [1.807, 2.05) is 6.07 Å². The fraction of sp³-hybridized carbons (Fsp3) is 0.609. The van der Waals surface area contributed by atoms with Gasteiger partial charge in [-0.3, -0.25) is 4.79 Å². The van der Waals surface area contributed by atoms with Crippen molar-refractivity contribution in [3.63, 3.8) is 0 Å². The number of aromatic amines is 1. The highest BCUT2D eigenvalue weighted by Crippen LogP contribution is 2.52. The zero-order valence-corrected chi connectivity index (χ0v) is 16.4. The van der Waals surface area contributed by atoms with Crippen LogP contribution in [0.15, 0.2) is 30.5 Å². The van der Waals surface area contributed by atoms with Gasteiger partial charge in [0.05, 0.1) is 11.7 Å². The normalized spacial score (nSPS) is 31.0. The maximum atomic E-state index is 13.3. The molecule has 2 aromatic rings. The van der Waals surface area contributed by atoms with Crippen LogP contribution < -0.4 is 0 Å². The number of carbonyl (C=O) groups excluding carboxylic acids is 1. The molecule has 4 nitrogen and oxygen atoms in total. The Hall–Kier alpha value is -1.81. The van der Waals surface area contributed by atoms with E-state index in [1.165, 1.54) is 23.8 Å². The van der Waals surface area contributed by atoms with Gasteiger partial charge in [-0.15, -0.1) is 0 Å². The number of benzene rings is 1. The Morgan fingerprint density at radius 3 is 2.81 bits per heavy atom. The highest BCUT2D eigenvalue weighted by Gasteiger charge is 2.57. The number of rotatable bonds is 6. The number of carbonyl (C=O) groups is 1. The second kappa shape index (κ2) is 6.37. The summed E-state index contributed by atoms with van der Waals surface area (Å²) in [7, 11) is 0. The van der Waals surface area contributed by atoms with E-state index in [4.69, 9.17) is 4.74 Å². The van der Waals surface area contributed by atoms with E-state index in [0.717, 1.165) is 31.2 Å². The summed E-state index contributed by atoms with van der Waals surface area (Å²) in [6, 6.07) is 9.10. The van der Waals surface area contributed by atoms with Gasteiger partial charge in [-0.25, -0.2) is 0 Å². The fourth-order valence-electron chi connectivity index (χ4n) is 5.40. The third-order valence-electron chi connectivity index (χ3n) is 6.94. The first-order chi connectivity index (χ1) is 13.1. The molecule has 144 valence electrons. The number of piperidine rings is 2. The number of aromatic nitrogens is 1. The number of ether oxygens (including phenoxy) is 1. The van der Waals surface area contributed by atoms with Crippen molar-refractivity contribution in [2.75, 3.05) is 0 Å². The molecular formula is C23H30N2O2. The van der Waals surface area contributed by atoms with Crippen LogP contribution in [0.5, 0.6) is 0 Å². The minimum atomic E-state index is 0.0890. The van der Waals surface area contributed by atoms with Gasteiger partial charge in [0, 0.05) is 35.6 Å². The van der Waals surface area contributed by atoms with E-state index in [1.54, 1.807) is 0 Å². The molecule has 2 aliphatic heterocycles. The van der Waals surface area contributed by atoms with E-state index in [-0.39, 0.29) is 11.5 Å². The van der Waals surface area contributed by atoms with Gasteiger partial charge in [0.15, 0.2) is 0 Å². The van der Waals surface area contributed by atoms with Gasteiger partial charge < -0.3 is 14.6 Å². The molecule has 4 aliphatic rings. The van der Waals surface area contributed by atoms with Crippen molar-refractivity contribution in [1.82, 2.24) is 9.88 Å². The van der Waals surface area contributed by atoms with Crippen LogP contribution in [0.1, 0.15) is 70.3 Å². The van der Waals surface area contributed by atoms with Crippen LogP contribution in [0.25, 0.3) is 10.9 Å². The quantitative estimate of drug-likeness (QED) is 0.802. The first-order valence-corrected chi connectivity index (χ1v) is 10.6. The summed E-state index contributed by atoms with van der Waals surface area (Å²) in [5.41, 5.74) is 2.49. The average molecular weight is 367 g/mol.